The summed E-state index contributed by atoms with van der Waals surface area (Å²) in [4.78, 5) is 24.9. The third-order valence-corrected chi connectivity index (χ3v) is 2.56. The van der Waals surface area contributed by atoms with Gasteiger partial charge in [0.25, 0.3) is 0 Å². The molecule has 98 valence electrons. The van der Waals surface area contributed by atoms with Gasteiger partial charge in [0.2, 0.25) is 0 Å². The van der Waals surface area contributed by atoms with E-state index in [1.54, 1.807) is 30.3 Å². The SMILES string of the molecule is CC(=O)c1ccc(-c2ccnc([N+](=O)[O-])c2)cc1.Cl. The summed E-state index contributed by atoms with van der Waals surface area (Å²) < 4.78 is 0. The highest BCUT2D eigenvalue weighted by atomic mass is 35.5. The van der Waals surface area contributed by atoms with Crippen LogP contribution in [0.15, 0.2) is 42.6 Å². The van der Waals surface area contributed by atoms with Crippen molar-refractivity contribution in [1.82, 2.24) is 4.98 Å². The Bertz CT molecular complexity index is 612. The fourth-order valence-electron chi connectivity index (χ4n) is 1.60. The maximum absolute atomic E-state index is 11.1. The molecular formula is C13H11ClN2O3. The zero-order chi connectivity index (χ0) is 13.1. The highest BCUT2D eigenvalue weighted by Gasteiger charge is 2.09. The summed E-state index contributed by atoms with van der Waals surface area (Å²) >= 11 is 0. The van der Waals surface area contributed by atoms with Crippen molar-refractivity contribution < 1.29 is 9.72 Å². The molecule has 0 spiro atoms. The first-order valence-electron chi connectivity index (χ1n) is 5.30. The summed E-state index contributed by atoms with van der Waals surface area (Å²) in [6.07, 6.45) is 1.40. The Morgan fingerprint density at radius 3 is 2.32 bits per heavy atom. The Balaban J connectivity index is 0.00000180. The Kier molecular flexibility index (Phi) is 4.72. The minimum Gasteiger partial charge on any atom is -0.358 e. The minimum atomic E-state index is -0.534. The zero-order valence-corrected chi connectivity index (χ0v) is 10.9. The van der Waals surface area contributed by atoms with Crippen LogP contribution >= 0.6 is 12.4 Å². The number of hydrogen-bond acceptors (Lipinski definition) is 4. The number of rotatable bonds is 3. The van der Waals surface area contributed by atoms with Gasteiger partial charge in [-0.05, 0) is 34.0 Å². The lowest BCUT2D eigenvalue weighted by Gasteiger charge is -2.02. The lowest BCUT2D eigenvalue weighted by Crippen LogP contribution is -1.93. The van der Waals surface area contributed by atoms with E-state index < -0.39 is 4.92 Å². The predicted molar refractivity (Wildman–Crippen MR) is 73.6 cm³/mol. The maximum atomic E-state index is 11.1. The van der Waals surface area contributed by atoms with Gasteiger partial charge in [-0.15, -0.1) is 12.4 Å². The van der Waals surface area contributed by atoms with Crippen molar-refractivity contribution in [2.75, 3.05) is 0 Å². The fourth-order valence-corrected chi connectivity index (χ4v) is 1.60. The van der Waals surface area contributed by atoms with Crippen LogP contribution in [0, 0.1) is 10.1 Å². The van der Waals surface area contributed by atoms with Gasteiger partial charge < -0.3 is 10.1 Å². The number of pyridine rings is 1. The molecule has 1 heterocycles. The second-order valence-electron chi connectivity index (χ2n) is 3.79. The van der Waals surface area contributed by atoms with Crippen LogP contribution in [-0.4, -0.2) is 15.7 Å². The molecule has 1 aromatic heterocycles. The van der Waals surface area contributed by atoms with Crippen molar-refractivity contribution in [2.24, 2.45) is 0 Å². The number of nitrogens with zero attached hydrogens (tertiary/aromatic N) is 2. The molecule has 0 fully saturated rings. The first kappa shape index (κ1) is 14.8. The number of benzene rings is 1. The third kappa shape index (κ3) is 3.35. The molecule has 2 aromatic rings. The summed E-state index contributed by atoms with van der Waals surface area (Å²) in [6, 6.07) is 10.0. The molecule has 0 saturated heterocycles. The molecule has 5 nitrogen and oxygen atoms in total. The van der Waals surface area contributed by atoms with Crippen LogP contribution in [0.25, 0.3) is 11.1 Å². The molecule has 0 aliphatic heterocycles. The standard InChI is InChI=1S/C13H10N2O3.ClH/c1-9(16)10-2-4-11(5-3-10)12-6-7-14-13(8-12)15(17)18;/h2-8H,1H3;1H. The lowest BCUT2D eigenvalue weighted by atomic mass is 10.0. The summed E-state index contributed by atoms with van der Waals surface area (Å²) in [5.41, 5.74) is 2.12. The van der Waals surface area contributed by atoms with Crippen molar-refractivity contribution in [2.45, 2.75) is 6.92 Å². The normalized spacial score (nSPS) is 9.53. The average Bonchev–Trinajstić information content (AvgIpc) is 2.39. The van der Waals surface area contributed by atoms with Crippen molar-refractivity contribution in [3.63, 3.8) is 0 Å². The van der Waals surface area contributed by atoms with E-state index in [4.69, 9.17) is 0 Å². The number of hydrogen-bond donors (Lipinski definition) is 0. The van der Waals surface area contributed by atoms with Crippen molar-refractivity contribution >= 4 is 24.0 Å². The van der Waals surface area contributed by atoms with Crippen LogP contribution in [0.3, 0.4) is 0 Å². The van der Waals surface area contributed by atoms with E-state index >= 15 is 0 Å². The van der Waals surface area contributed by atoms with E-state index in [0.29, 0.717) is 11.1 Å². The number of halogens is 1. The molecule has 0 radical (unpaired) electrons. The van der Waals surface area contributed by atoms with Crippen LogP contribution in [0.5, 0.6) is 0 Å². The molecule has 19 heavy (non-hydrogen) atoms. The van der Waals surface area contributed by atoms with Crippen molar-refractivity contribution in [1.29, 1.82) is 0 Å². The summed E-state index contributed by atoms with van der Waals surface area (Å²) in [5.74, 6) is -0.203. The van der Waals surface area contributed by atoms with E-state index in [1.165, 1.54) is 19.2 Å². The lowest BCUT2D eigenvalue weighted by molar-refractivity contribution is -0.389. The number of carbonyl (C=O) groups excluding carboxylic acids is 1. The van der Waals surface area contributed by atoms with E-state index in [0.717, 1.165) is 5.56 Å². The van der Waals surface area contributed by atoms with E-state index in [9.17, 15) is 14.9 Å². The van der Waals surface area contributed by atoms with Crippen LogP contribution in [0.2, 0.25) is 0 Å². The van der Waals surface area contributed by atoms with Crippen molar-refractivity contribution in [3.05, 3.63) is 58.3 Å². The average molecular weight is 279 g/mol. The van der Waals surface area contributed by atoms with E-state index in [2.05, 4.69) is 4.98 Å². The van der Waals surface area contributed by atoms with Crippen LogP contribution in [0.1, 0.15) is 17.3 Å². The number of nitro groups is 1. The third-order valence-electron chi connectivity index (χ3n) is 2.56. The van der Waals surface area contributed by atoms with Crippen LogP contribution < -0.4 is 0 Å². The maximum Gasteiger partial charge on any atom is 0.364 e. The van der Waals surface area contributed by atoms with Gasteiger partial charge in [0.15, 0.2) is 5.78 Å². The Morgan fingerprint density at radius 1 is 1.16 bits per heavy atom. The second-order valence-corrected chi connectivity index (χ2v) is 3.79. The highest BCUT2D eigenvalue weighted by Crippen LogP contribution is 2.22. The molecule has 6 heteroatoms. The predicted octanol–water partition coefficient (Wildman–Crippen LogP) is 3.28. The van der Waals surface area contributed by atoms with E-state index in [-0.39, 0.29) is 24.0 Å². The number of Topliss-reactive ketones (excluding diaryl/α,β-unsaturated/α-hetero) is 1. The molecular weight excluding hydrogens is 268 g/mol. The van der Waals surface area contributed by atoms with Crippen LogP contribution in [0.4, 0.5) is 5.82 Å². The largest absolute Gasteiger partial charge is 0.364 e. The molecule has 0 atom stereocenters. The zero-order valence-electron chi connectivity index (χ0n) is 10.1. The van der Waals surface area contributed by atoms with E-state index in [1.807, 2.05) is 0 Å². The first-order valence-corrected chi connectivity index (χ1v) is 5.30. The molecule has 2 rings (SSSR count). The quantitative estimate of drug-likeness (QED) is 0.490. The van der Waals surface area contributed by atoms with Crippen molar-refractivity contribution in [3.8, 4) is 11.1 Å². The topological polar surface area (TPSA) is 73.1 Å². The number of aromatic nitrogens is 1. The van der Waals surface area contributed by atoms with Gasteiger partial charge in [-0.3, -0.25) is 4.79 Å². The van der Waals surface area contributed by atoms with Crippen LogP contribution in [-0.2, 0) is 0 Å². The van der Waals surface area contributed by atoms with Gasteiger partial charge >= 0.3 is 5.82 Å². The first-order chi connectivity index (χ1) is 8.58. The molecule has 0 saturated carbocycles. The summed E-state index contributed by atoms with van der Waals surface area (Å²) in [5, 5.41) is 10.6. The molecule has 0 aliphatic rings. The Labute approximate surface area is 115 Å². The second kappa shape index (κ2) is 6.06. The highest BCUT2D eigenvalue weighted by molar-refractivity contribution is 5.94. The number of ketones is 1. The minimum absolute atomic E-state index is 0. The molecule has 0 N–H and O–H groups in total. The van der Waals surface area contributed by atoms with Gasteiger partial charge in [-0.2, -0.15) is 0 Å². The van der Waals surface area contributed by atoms with Gasteiger partial charge in [0.1, 0.15) is 6.20 Å². The summed E-state index contributed by atoms with van der Waals surface area (Å²) in [6.45, 7) is 1.49. The smallest absolute Gasteiger partial charge is 0.358 e. The van der Waals surface area contributed by atoms with Gasteiger partial charge in [0.05, 0.1) is 0 Å². The Morgan fingerprint density at radius 2 is 1.79 bits per heavy atom. The number of carbonyl (C=O) groups is 1. The van der Waals surface area contributed by atoms with Gasteiger partial charge in [0, 0.05) is 11.6 Å². The molecule has 0 aliphatic carbocycles. The summed E-state index contributed by atoms with van der Waals surface area (Å²) in [7, 11) is 0. The fraction of sp³-hybridized carbons (Fsp3) is 0.0769. The van der Waals surface area contributed by atoms with Gasteiger partial charge in [-0.25, -0.2) is 0 Å². The molecule has 1 aromatic carbocycles. The monoisotopic (exact) mass is 278 g/mol. The molecule has 0 unspecified atom stereocenters. The van der Waals surface area contributed by atoms with Gasteiger partial charge in [-0.1, -0.05) is 24.3 Å². The molecule has 0 amide bonds. The Hall–Kier alpha value is -2.27. The molecule has 0 bridgehead atoms.